The SMILES string of the molecule is CC(=O)NCc1ccc(-c2ccccc2C(=O)O)cn1. The number of benzene rings is 1. The summed E-state index contributed by atoms with van der Waals surface area (Å²) in [6, 6.07) is 10.3. The molecule has 0 saturated carbocycles. The van der Waals surface area contributed by atoms with Gasteiger partial charge in [0.1, 0.15) is 0 Å². The molecule has 5 nitrogen and oxygen atoms in total. The lowest BCUT2D eigenvalue weighted by Crippen LogP contribution is -2.19. The topological polar surface area (TPSA) is 79.3 Å². The molecule has 0 spiro atoms. The van der Waals surface area contributed by atoms with Gasteiger partial charge in [-0.25, -0.2) is 4.79 Å². The van der Waals surface area contributed by atoms with E-state index in [0.717, 1.165) is 11.3 Å². The van der Waals surface area contributed by atoms with Gasteiger partial charge in [0.2, 0.25) is 5.91 Å². The van der Waals surface area contributed by atoms with Crippen LogP contribution in [0.25, 0.3) is 11.1 Å². The van der Waals surface area contributed by atoms with E-state index in [-0.39, 0.29) is 11.5 Å². The number of amides is 1. The molecule has 0 saturated heterocycles. The van der Waals surface area contributed by atoms with Crippen molar-refractivity contribution >= 4 is 11.9 Å². The Balaban J connectivity index is 2.26. The number of pyridine rings is 1. The smallest absolute Gasteiger partial charge is 0.336 e. The average molecular weight is 270 g/mol. The molecular weight excluding hydrogens is 256 g/mol. The second-order valence-corrected chi connectivity index (χ2v) is 4.30. The molecule has 1 heterocycles. The van der Waals surface area contributed by atoms with E-state index < -0.39 is 5.97 Å². The highest BCUT2D eigenvalue weighted by atomic mass is 16.4. The van der Waals surface area contributed by atoms with Crippen molar-refractivity contribution in [1.82, 2.24) is 10.3 Å². The maximum atomic E-state index is 11.2. The number of carbonyl (C=O) groups is 2. The molecule has 20 heavy (non-hydrogen) atoms. The Morgan fingerprint density at radius 1 is 1.20 bits per heavy atom. The Kier molecular flexibility index (Phi) is 4.10. The monoisotopic (exact) mass is 270 g/mol. The number of rotatable bonds is 4. The molecule has 0 aliphatic rings. The van der Waals surface area contributed by atoms with Crippen LogP contribution in [0.15, 0.2) is 42.6 Å². The van der Waals surface area contributed by atoms with Crippen LogP contribution in [-0.4, -0.2) is 22.0 Å². The number of carbonyl (C=O) groups excluding carboxylic acids is 1. The Morgan fingerprint density at radius 3 is 2.55 bits per heavy atom. The number of carboxylic acid groups (broad SMARTS) is 1. The lowest BCUT2D eigenvalue weighted by atomic mass is 10.0. The molecule has 2 N–H and O–H groups in total. The summed E-state index contributed by atoms with van der Waals surface area (Å²) in [4.78, 5) is 26.2. The van der Waals surface area contributed by atoms with Gasteiger partial charge in [-0.05, 0) is 17.7 Å². The van der Waals surface area contributed by atoms with Crippen molar-refractivity contribution in [1.29, 1.82) is 0 Å². The normalized spacial score (nSPS) is 10.1. The summed E-state index contributed by atoms with van der Waals surface area (Å²) >= 11 is 0. The first-order valence-corrected chi connectivity index (χ1v) is 6.10. The van der Waals surface area contributed by atoms with Crippen LogP contribution < -0.4 is 5.32 Å². The second kappa shape index (κ2) is 5.97. The molecule has 0 unspecified atom stereocenters. The number of hydrogen-bond acceptors (Lipinski definition) is 3. The third-order valence-corrected chi connectivity index (χ3v) is 2.81. The fourth-order valence-electron chi connectivity index (χ4n) is 1.82. The first-order chi connectivity index (χ1) is 9.58. The van der Waals surface area contributed by atoms with Crippen LogP contribution in [0.1, 0.15) is 23.0 Å². The first kappa shape index (κ1) is 13.7. The van der Waals surface area contributed by atoms with E-state index in [2.05, 4.69) is 10.3 Å². The lowest BCUT2D eigenvalue weighted by Gasteiger charge is -2.07. The van der Waals surface area contributed by atoms with Crippen LogP contribution in [0, 0.1) is 0 Å². The summed E-state index contributed by atoms with van der Waals surface area (Å²) in [5.74, 6) is -1.09. The van der Waals surface area contributed by atoms with Gasteiger partial charge in [0, 0.05) is 18.7 Å². The summed E-state index contributed by atoms with van der Waals surface area (Å²) in [6.07, 6.45) is 1.61. The van der Waals surface area contributed by atoms with E-state index in [1.165, 1.54) is 6.92 Å². The summed E-state index contributed by atoms with van der Waals surface area (Å²) < 4.78 is 0. The quantitative estimate of drug-likeness (QED) is 0.891. The molecule has 0 atom stereocenters. The molecular formula is C15H14N2O3. The third kappa shape index (κ3) is 3.20. The molecule has 0 bridgehead atoms. The standard InChI is InChI=1S/C15H14N2O3/c1-10(18)16-9-12-7-6-11(8-17-12)13-4-2-3-5-14(13)15(19)20/h2-8H,9H2,1H3,(H,16,18)(H,19,20). The Morgan fingerprint density at radius 2 is 1.95 bits per heavy atom. The molecule has 0 radical (unpaired) electrons. The van der Waals surface area contributed by atoms with Gasteiger partial charge in [0.25, 0.3) is 0 Å². The number of nitrogens with one attached hydrogen (secondary N) is 1. The van der Waals surface area contributed by atoms with E-state index in [1.54, 1.807) is 42.6 Å². The van der Waals surface area contributed by atoms with E-state index in [9.17, 15) is 9.59 Å². The van der Waals surface area contributed by atoms with Crippen molar-refractivity contribution in [2.24, 2.45) is 0 Å². The molecule has 102 valence electrons. The van der Waals surface area contributed by atoms with Crippen molar-refractivity contribution < 1.29 is 14.7 Å². The molecule has 5 heteroatoms. The van der Waals surface area contributed by atoms with E-state index >= 15 is 0 Å². The van der Waals surface area contributed by atoms with Crippen molar-refractivity contribution in [3.8, 4) is 11.1 Å². The van der Waals surface area contributed by atoms with Crippen LogP contribution in [0.2, 0.25) is 0 Å². The third-order valence-electron chi connectivity index (χ3n) is 2.81. The minimum atomic E-state index is -0.970. The fourth-order valence-corrected chi connectivity index (χ4v) is 1.82. The Labute approximate surface area is 116 Å². The van der Waals surface area contributed by atoms with E-state index in [1.807, 2.05) is 0 Å². The maximum absolute atomic E-state index is 11.2. The molecule has 2 aromatic rings. The van der Waals surface area contributed by atoms with Gasteiger partial charge in [-0.1, -0.05) is 24.3 Å². The van der Waals surface area contributed by atoms with Gasteiger partial charge in [0.15, 0.2) is 0 Å². The molecule has 0 fully saturated rings. The predicted molar refractivity (Wildman–Crippen MR) is 74.2 cm³/mol. The van der Waals surface area contributed by atoms with Crippen LogP contribution in [0.3, 0.4) is 0 Å². The van der Waals surface area contributed by atoms with Gasteiger partial charge < -0.3 is 10.4 Å². The van der Waals surface area contributed by atoms with E-state index in [4.69, 9.17) is 5.11 Å². The average Bonchev–Trinajstić information content (AvgIpc) is 2.45. The van der Waals surface area contributed by atoms with E-state index in [0.29, 0.717) is 12.1 Å². The molecule has 0 aliphatic heterocycles. The number of nitrogens with zero attached hydrogens (tertiary/aromatic N) is 1. The second-order valence-electron chi connectivity index (χ2n) is 4.30. The largest absolute Gasteiger partial charge is 0.478 e. The van der Waals surface area contributed by atoms with Crippen molar-refractivity contribution in [3.05, 3.63) is 53.9 Å². The van der Waals surface area contributed by atoms with Gasteiger partial charge in [-0.15, -0.1) is 0 Å². The number of carboxylic acids is 1. The van der Waals surface area contributed by atoms with Crippen molar-refractivity contribution in [3.63, 3.8) is 0 Å². The number of aromatic nitrogens is 1. The van der Waals surface area contributed by atoms with Gasteiger partial charge in [0.05, 0.1) is 17.8 Å². The maximum Gasteiger partial charge on any atom is 0.336 e. The van der Waals surface area contributed by atoms with Crippen molar-refractivity contribution in [2.45, 2.75) is 13.5 Å². The molecule has 0 aliphatic carbocycles. The van der Waals surface area contributed by atoms with Crippen LogP contribution in [0.4, 0.5) is 0 Å². The van der Waals surface area contributed by atoms with Gasteiger partial charge in [-0.3, -0.25) is 9.78 Å². The highest BCUT2D eigenvalue weighted by molar-refractivity contribution is 5.95. The minimum absolute atomic E-state index is 0.118. The van der Waals surface area contributed by atoms with Crippen molar-refractivity contribution in [2.75, 3.05) is 0 Å². The molecule has 1 aromatic heterocycles. The Hall–Kier alpha value is -2.69. The van der Waals surface area contributed by atoms with Crippen LogP contribution in [-0.2, 0) is 11.3 Å². The highest BCUT2D eigenvalue weighted by Gasteiger charge is 2.10. The molecule has 1 amide bonds. The lowest BCUT2D eigenvalue weighted by molar-refractivity contribution is -0.119. The zero-order valence-electron chi connectivity index (χ0n) is 11.0. The number of hydrogen-bond donors (Lipinski definition) is 2. The number of aromatic carboxylic acids is 1. The first-order valence-electron chi connectivity index (χ1n) is 6.10. The van der Waals surface area contributed by atoms with Crippen LogP contribution >= 0.6 is 0 Å². The zero-order chi connectivity index (χ0) is 14.5. The van der Waals surface area contributed by atoms with Gasteiger partial charge in [-0.2, -0.15) is 0 Å². The summed E-state index contributed by atoms with van der Waals surface area (Å²) in [5.41, 5.74) is 2.31. The molecule has 2 rings (SSSR count). The zero-order valence-corrected chi connectivity index (χ0v) is 11.0. The summed E-state index contributed by atoms with van der Waals surface area (Å²) in [7, 11) is 0. The van der Waals surface area contributed by atoms with Gasteiger partial charge >= 0.3 is 5.97 Å². The minimum Gasteiger partial charge on any atom is -0.478 e. The van der Waals surface area contributed by atoms with Crippen LogP contribution in [0.5, 0.6) is 0 Å². The fraction of sp³-hybridized carbons (Fsp3) is 0.133. The predicted octanol–water partition coefficient (Wildman–Crippen LogP) is 2.08. The summed E-state index contributed by atoms with van der Waals surface area (Å²) in [5, 5.41) is 11.8. The highest BCUT2D eigenvalue weighted by Crippen LogP contribution is 2.23. The Bertz CT molecular complexity index is 636. The molecule has 1 aromatic carbocycles. The summed E-state index contributed by atoms with van der Waals surface area (Å²) in [6.45, 7) is 1.80.